The molecule has 0 unspecified atom stereocenters. The van der Waals surface area contributed by atoms with Gasteiger partial charge in [-0.1, -0.05) is 15.9 Å². The lowest BCUT2D eigenvalue weighted by Gasteiger charge is -2.22. The van der Waals surface area contributed by atoms with E-state index in [-0.39, 0.29) is 23.6 Å². The van der Waals surface area contributed by atoms with Crippen LogP contribution in [0.4, 0.5) is 0 Å². The number of aliphatic hydroxyl groups excluding tert-OH is 1. The lowest BCUT2D eigenvalue weighted by atomic mass is 10.2. The molecule has 7 nitrogen and oxygen atoms in total. The quantitative estimate of drug-likeness (QED) is 0.796. The van der Waals surface area contributed by atoms with Crippen molar-refractivity contribution in [2.24, 2.45) is 0 Å². The number of hydrogen-bond donors (Lipinski definition) is 2. The monoisotopic (exact) mass is 379 g/mol. The van der Waals surface area contributed by atoms with Crippen molar-refractivity contribution in [1.29, 1.82) is 0 Å². The fraction of sp³-hybridized carbons (Fsp3) is 0.417. The molecule has 1 heterocycles. The Morgan fingerprint density at radius 3 is 2.71 bits per heavy atom. The first-order chi connectivity index (χ1) is 9.77. The number of carboxylic acid groups (broad SMARTS) is 1. The number of ether oxygens (including phenoxy) is 1. The van der Waals surface area contributed by atoms with Crippen LogP contribution in [0.3, 0.4) is 0 Å². The Kier molecular flexibility index (Phi) is 4.57. The number of aliphatic carboxylic acids is 1. The van der Waals surface area contributed by atoms with Gasteiger partial charge in [0, 0.05) is 17.4 Å². The van der Waals surface area contributed by atoms with Crippen LogP contribution in [0.25, 0.3) is 0 Å². The predicted octanol–water partition coefficient (Wildman–Crippen LogP) is 0.666. The lowest BCUT2D eigenvalue weighted by molar-refractivity contribution is -0.140. The molecule has 116 valence electrons. The van der Waals surface area contributed by atoms with Crippen LogP contribution in [0.2, 0.25) is 0 Å². The largest absolute Gasteiger partial charge is 0.495 e. The topological polar surface area (TPSA) is 104 Å². The number of carbonyl (C=O) groups is 1. The van der Waals surface area contributed by atoms with E-state index in [4.69, 9.17) is 9.84 Å². The highest BCUT2D eigenvalue weighted by atomic mass is 79.9. The van der Waals surface area contributed by atoms with Crippen LogP contribution in [0.1, 0.15) is 6.42 Å². The molecule has 1 fully saturated rings. The molecule has 9 heteroatoms. The predicted molar refractivity (Wildman–Crippen MR) is 76.6 cm³/mol. The second kappa shape index (κ2) is 5.91. The molecule has 0 bridgehead atoms. The molecule has 1 aliphatic rings. The summed E-state index contributed by atoms with van der Waals surface area (Å²) in [4.78, 5) is 11.1. The number of methoxy groups -OCH3 is 1. The fourth-order valence-corrected chi connectivity index (χ4v) is 4.58. The standard InChI is InChI=1S/C12H14BrNO6S/c1-20-10-3-2-7(13)4-11(10)21(18,19)14-6-8(15)5-9(14)12(16)17/h2-4,8-9,15H,5-6H2,1H3,(H,16,17)/t8-,9+/m1/s1. The van der Waals surface area contributed by atoms with Crippen molar-refractivity contribution in [3.05, 3.63) is 22.7 Å². The number of carboxylic acids is 1. The molecule has 0 spiro atoms. The van der Waals surface area contributed by atoms with Crippen molar-refractivity contribution in [2.75, 3.05) is 13.7 Å². The van der Waals surface area contributed by atoms with Crippen LogP contribution in [0, 0.1) is 0 Å². The van der Waals surface area contributed by atoms with Gasteiger partial charge in [-0.3, -0.25) is 4.79 Å². The SMILES string of the molecule is COc1ccc(Br)cc1S(=O)(=O)N1C[C@H](O)C[C@H]1C(=O)O. The van der Waals surface area contributed by atoms with E-state index >= 15 is 0 Å². The third-order valence-electron chi connectivity index (χ3n) is 3.23. The van der Waals surface area contributed by atoms with Crippen molar-refractivity contribution in [3.63, 3.8) is 0 Å². The number of halogens is 1. The molecule has 1 aromatic rings. The second-order valence-corrected chi connectivity index (χ2v) is 7.39. The first kappa shape index (κ1) is 16.2. The van der Waals surface area contributed by atoms with Crippen molar-refractivity contribution in [1.82, 2.24) is 4.31 Å². The Balaban J connectivity index is 2.51. The van der Waals surface area contributed by atoms with E-state index in [1.165, 1.54) is 19.2 Å². The zero-order valence-corrected chi connectivity index (χ0v) is 13.5. The Labute approximate surface area is 130 Å². The molecular formula is C12H14BrNO6S. The molecule has 0 saturated carbocycles. The van der Waals surface area contributed by atoms with E-state index in [0.29, 0.717) is 4.47 Å². The highest BCUT2D eigenvalue weighted by Crippen LogP contribution is 2.33. The molecular weight excluding hydrogens is 366 g/mol. The van der Waals surface area contributed by atoms with Gasteiger partial charge >= 0.3 is 5.97 Å². The first-order valence-corrected chi connectivity index (χ1v) is 8.27. The summed E-state index contributed by atoms with van der Waals surface area (Å²) in [5.74, 6) is -1.17. The fourth-order valence-electron chi connectivity index (χ4n) is 2.25. The lowest BCUT2D eigenvalue weighted by Crippen LogP contribution is -2.40. The molecule has 2 atom stereocenters. The summed E-state index contributed by atoms with van der Waals surface area (Å²) in [7, 11) is -2.76. The van der Waals surface area contributed by atoms with Gasteiger partial charge in [0.05, 0.1) is 13.2 Å². The van der Waals surface area contributed by atoms with Gasteiger partial charge in [-0.15, -0.1) is 0 Å². The number of rotatable bonds is 4. The van der Waals surface area contributed by atoms with Crippen molar-refractivity contribution in [3.8, 4) is 5.75 Å². The van der Waals surface area contributed by atoms with Gasteiger partial charge in [0.2, 0.25) is 10.0 Å². The molecule has 21 heavy (non-hydrogen) atoms. The molecule has 0 amide bonds. The first-order valence-electron chi connectivity index (χ1n) is 6.03. The summed E-state index contributed by atoms with van der Waals surface area (Å²) in [6.45, 7) is -0.255. The summed E-state index contributed by atoms with van der Waals surface area (Å²) in [5.41, 5.74) is 0. The third kappa shape index (κ3) is 3.05. The van der Waals surface area contributed by atoms with E-state index in [1.54, 1.807) is 6.07 Å². The minimum atomic E-state index is -4.09. The zero-order chi connectivity index (χ0) is 15.8. The number of nitrogens with zero attached hydrogens (tertiary/aromatic N) is 1. The molecule has 0 aromatic heterocycles. The number of sulfonamides is 1. The summed E-state index contributed by atoms with van der Waals surface area (Å²) >= 11 is 3.18. The maximum atomic E-state index is 12.7. The zero-order valence-electron chi connectivity index (χ0n) is 11.1. The Morgan fingerprint density at radius 1 is 1.48 bits per heavy atom. The van der Waals surface area contributed by atoms with Crippen LogP contribution >= 0.6 is 15.9 Å². The molecule has 1 aromatic carbocycles. The van der Waals surface area contributed by atoms with Crippen LogP contribution < -0.4 is 4.74 Å². The van der Waals surface area contributed by atoms with Gasteiger partial charge in [0.1, 0.15) is 16.7 Å². The van der Waals surface area contributed by atoms with Crippen LogP contribution in [0.15, 0.2) is 27.6 Å². The maximum absolute atomic E-state index is 12.7. The molecule has 2 N–H and O–H groups in total. The summed E-state index contributed by atoms with van der Waals surface area (Å²) in [6, 6.07) is 3.15. The number of β-amino-alcohol motifs (C(OH)–C–C–N with tert-alkyl or cyclic N) is 1. The van der Waals surface area contributed by atoms with Crippen LogP contribution in [-0.4, -0.2) is 54.7 Å². The maximum Gasteiger partial charge on any atom is 0.322 e. The number of hydrogen-bond acceptors (Lipinski definition) is 5. The highest BCUT2D eigenvalue weighted by Gasteiger charge is 2.44. The smallest absolute Gasteiger partial charge is 0.322 e. The highest BCUT2D eigenvalue weighted by molar-refractivity contribution is 9.10. The molecule has 0 aliphatic carbocycles. The average Bonchev–Trinajstić information content (AvgIpc) is 2.82. The Morgan fingerprint density at radius 2 is 2.14 bits per heavy atom. The van der Waals surface area contributed by atoms with Crippen LogP contribution in [0.5, 0.6) is 5.75 Å². The Hall–Kier alpha value is -1.16. The molecule has 1 aliphatic heterocycles. The summed E-state index contributed by atoms with van der Waals surface area (Å²) < 4.78 is 31.7. The molecule has 2 rings (SSSR count). The number of benzene rings is 1. The minimum absolute atomic E-state index is 0.115. The Bertz CT molecular complexity index is 662. The summed E-state index contributed by atoms with van der Waals surface area (Å²) in [6.07, 6.45) is -1.13. The molecule has 0 radical (unpaired) electrons. The van der Waals surface area contributed by atoms with Crippen molar-refractivity contribution >= 4 is 31.9 Å². The van der Waals surface area contributed by atoms with Gasteiger partial charge in [-0.05, 0) is 18.2 Å². The number of aliphatic hydroxyl groups is 1. The van der Waals surface area contributed by atoms with Gasteiger partial charge in [-0.2, -0.15) is 4.31 Å². The van der Waals surface area contributed by atoms with Crippen molar-refractivity contribution < 1.29 is 28.2 Å². The molecule has 1 saturated heterocycles. The summed E-state index contributed by atoms with van der Waals surface area (Å²) in [5, 5.41) is 18.7. The normalized spacial score (nSPS) is 23.2. The van der Waals surface area contributed by atoms with Gasteiger partial charge in [-0.25, -0.2) is 8.42 Å². The van der Waals surface area contributed by atoms with Crippen LogP contribution in [-0.2, 0) is 14.8 Å². The van der Waals surface area contributed by atoms with E-state index in [2.05, 4.69) is 15.9 Å². The third-order valence-corrected chi connectivity index (χ3v) is 5.62. The van der Waals surface area contributed by atoms with E-state index < -0.39 is 28.1 Å². The van der Waals surface area contributed by atoms with E-state index in [0.717, 1.165) is 4.31 Å². The van der Waals surface area contributed by atoms with Crippen molar-refractivity contribution in [2.45, 2.75) is 23.5 Å². The van der Waals surface area contributed by atoms with E-state index in [1.807, 2.05) is 0 Å². The van der Waals surface area contributed by atoms with Gasteiger partial charge in [0.15, 0.2) is 0 Å². The van der Waals surface area contributed by atoms with E-state index in [9.17, 15) is 18.3 Å². The minimum Gasteiger partial charge on any atom is -0.495 e. The average molecular weight is 380 g/mol. The van der Waals surface area contributed by atoms with Gasteiger partial charge < -0.3 is 14.9 Å². The van der Waals surface area contributed by atoms with Gasteiger partial charge in [0.25, 0.3) is 0 Å². The second-order valence-electron chi connectivity index (χ2n) is 4.61.